The van der Waals surface area contributed by atoms with Crippen LogP contribution in [0.2, 0.25) is 0 Å². The predicted octanol–water partition coefficient (Wildman–Crippen LogP) is 3.09. The van der Waals surface area contributed by atoms with Crippen LogP contribution < -0.4 is 11.0 Å². The first-order chi connectivity index (χ1) is 14.0. The summed E-state index contributed by atoms with van der Waals surface area (Å²) in [5.74, 6) is -0.229. The number of carbonyl (C=O) groups excluding carboxylic acids is 1. The van der Waals surface area contributed by atoms with Crippen molar-refractivity contribution in [2.24, 2.45) is 0 Å². The molecule has 0 saturated carbocycles. The first-order valence-corrected chi connectivity index (χ1v) is 9.27. The van der Waals surface area contributed by atoms with Crippen LogP contribution in [0.5, 0.6) is 0 Å². The molecule has 0 atom stereocenters. The van der Waals surface area contributed by atoms with E-state index in [4.69, 9.17) is 0 Å². The lowest BCUT2D eigenvalue weighted by Gasteiger charge is -2.10. The van der Waals surface area contributed by atoms with Crippen LogP contribution in [-0.4, -0.2) is 24.6 Å². The molecule has 148 valence electrons. The number of hydrogen-bond donors (Lipinski definition) is 1. The Morgan fingerprint density at radius 3 is 2.48 bits per heavy atom. The number of imidazole rings is 2. The highest BCUT2D eigenvalue weighted by Crippen LogP contribution is 2.20. The highest BCUT2D eigenvalue weighted by molar-refractivity contribution is 5.91. The zero-order chi connectivity index (χ0) is 20.5. The van der Waals surface area contributed by atoms with Gasteiger partial charge < -0.3 is 9.88 Å². The average Bonchev–Trinajstić information content (AvgIpc) is 3.23. The summed E-state index contributed by atoms with van der Waals surface area (Å²) in [5.41, 5.74) is 1.88. The molecule has 0 bridgehead atoms. The van der Waals surface area contributed by atoms with Crippen LogP contribution in [0.25, 0.3) is 16.7 Å². The van der Waals surface area contributed by atoms with E-state index in [1.807, 2.05) is 25.1 Å². The highest BCUT2D eigenvalue weighted by Gasteiger charge is 2.15. The molecule has 0 radical (unpaired) electrons. The molecule has 29 heavy (non-hydrogen) atoms. The number of carbonyl (C=O) groups is 1. The molecular weight excluding hydrogens is 373 g/mol. The fourth-order valence-electron chi connectivity index (χ4n) is 3.49. The fraction of sp³-hybridized carbons (Fsp3) is 0.190. The fourth-order valence-corrected chi connectivity index (χ4v) is 3.49. The third-order valence-corrected chi connectivity index (χ3v) is 4.86. The lowest BCUT2D eigenvalue weighted by molar-refractivity contribution is -0.116. The van der Waals surface area contributed by atoms with E-state index in [-0.39, 0.29) is 12.2 Å². The number of fused-ring (bicyclic) bond motifs is 1. The van der Waals surface area contributed by atoms with E-state index >= 15 is 0 Å². The molecule has 4 rings (SSSR count). The SMILES string of the molecule is CCn1c(=O)n(CC(=O)Nc2ccc(-n3ccnc3C)c(F)c2)c2ccccc21. The lowest BCUT2D eigenvalue weighted by Crippen LogP contribution is -2.29. The van der Waals surface area contributed by atoms with Crippen molar-refractivity contribution in [2.45, 2.75) is 26.9 Å². The smallest absolute Gasteiger partial charge is 0.324 e. The number of benzene rings is 2. The van der Waals surface area contributed by atoms with Gasteiger partial charge in [-0.15, -0.1) is 0 Å². The molecule has 0 saturated heterocycles. The number of hydrogen-bond acceptors (Lipinski definition) is 3. The molecule has 0 aliphatic rings. The van der Waals surface area contributed by atoms with Crippen LogP contribution in [0.3, 0.4) is 0 Å². The lowest BCUT2D eigenvalue weighted by atomic mass is 10.2. The van der Waals surface area contributed by atoms with Crippen molar-refractivity contribution in [3.05, 3.63) is 77.0 Å². The second-order valence-corrected chi connectivity index (χ2v) is 6.66. The Labute approximate surface area is 166 Å². The summed E-state index contributed by atoms with van der Waals surface area (Å²) in [6.07, 6.45) is 3.26. The second kappa shape index (κ2) is 7.38. The van der Waals surface area contributed by atoms with E-state index in [0.29, 0.717) is 29.3 Å². The summed E-state index contributed by atoms with van der Waals surface area (Å²) >= 11 is 0. The molecule has 2 heterocycles. The Morgan fingerprint density at radius 2 is 1.86 bits per heavy atom. The molecule has 4 aromatic rings. The molecular formula is C21H20FN5O2. The van der Waals surface area contributed by atoms with E-state index < -0.39 is 11.7 Å². The molecule has 8 heteroatoms. The normalized spacial score (nSPS) is 11.1. The van der Waals surface area contributed by atoms with Crippen LogP contribution >= 0.6 is 0 Å². The molecule has 0 aliphatic carbocycles. The van der Waals surface area contributed by atoms with Crippen LogP contribution in [0.4, 0.5) is 10.1 Å². The van der Waals surface area contributed by atoms with E-state index in [1.54, 1.807) is 46.7 Å². The van der Waals surface area contributed by atoms with Crippen molar-refractivity contribution in [3.8, 4) is 5.69 Å². The summed E-state index contributed by atoms with van der Waals surface area (Å²) in [4.78, 5) is 29.3. The number of nitrogens with zero attached hydrogens (tertiary/aromatic N) is 4. The monoisotopic (exact) mass is 393 g/mol. The number of rotatable bonds is 5. The summed E-state index contributed by atoms with van der Waals surface area (Å²) < 4.78 is 19.2. The third-order valence-electron chi connectivity index (χ3n) is 4.86. The van der Waals surface area contributed by atoms with Gasteiger partial charge in [0.05, 0.1) is 16.7 Å². The number of aryl methyl sites for hydroxylation is 2. The van der Waals surface area contributed by atoms with Gasteiger partial charge in [0.15, 0.2) is 0 Å². The third kappa shape index (κ3) is 3.33. The molecule has 0 unspecified atom stereocenters. The van der Waals surface area contributed by atoms with Crippen molar-refractivity contribution in [2.75, 3.05) is 5.32 Å². The first-order valence-electron chi connectivity index (χ1n) is 9.27. The quantitative estimate of drug-likeness (QED) is 0.566. The first kappa shape index (κ1) is 18.7. The number of halogens is 1. The van der Waals surface area contributed by atoms with Crippen LogP contribution in [0.1, 0.15) is 12.7 Å². The zero-order valence-electron chi connectivity index (χ0n) is 16.1. The molecule has 7 nitrogen and oxygen atoms in total. The number of aromatic nitrogens is 4. The minimum Gasteiger partial charge on any atom is -0.324 e. The Kier molecular flexibility index (Phi) is 4.75. The molecule has 1 amide bonds. The Hall–Kier alpha value is -3.68. The maximum absolute atomic E-state index is 14.5. The number of para-hydroxylation sites is 2. The standard InChI is InChI=1S/C21H20FN5O2/c1-3-25-18-6-4-5-7-19(18)27(21(25)29)13-20(28)24-15-8-9-17(16(22)12-15)26-11-10-23-14(26)2/h4-12H,3,13H2,1-2H3,(H,24,28). The Balaban J connectivity index is 1.58. The average molecular weight is 393 g/mol. The summed E-state index contributed by atoms with van der Waals surface area (Å²) in [6.45, 7) is 4.01. The maximum atomic E-state index is 14.5. The number of anilines is 1. The van der Waals surface area contributed by atoms with Crippen LogP contribution in [0, 0.1) is 12.7 Å². The summed E-state index contributed by atoms with van der Waals surface area (Å²) in [5, 5.41) is 2.66. The van der Waals surface area contributed by atoms with Crippen molar-refractivity contribution in [1.29, 1.82) is 0 Å². The number of nitrogens with one attached hydrogen (secondary N) is 1. The maximum Gasteiger partial charge on any atom is 0.329 e. The largest absolute Gasteiger partial charge is 0.329 e. The van der Waals surface area contributed by atoms with Gasteiger partial charge in [0.2, 0.25) is 5.91 Å². The molecule has 0 aliphatic heterocycles. The minimum absolute atomic E-state index is 0.156. The van der Waals surface area contributed by atoms with Crippen molar-refractivity contribution < 1.29 is 9.18 Å². The molecule has 0 fully saturated rings. The second-order valence-electron chi connectivity index (χ2n) is 6.66. The van der Waals surface area contributed by atoms with E-state index in [0.717, 1.165) is 5.52 Å². The Bertz CT molecular complexity index is 1270. The molecule has 0 spiro atoms. The van der Waals surface area contributed by atoms with E-state index in [2.05, 4.69) is 10.3 Å². The molecule has 2 aromatic carbocycles. The van der Waals surface area contributed by atoms with Crippen LogP contribution in [-0.2, 0) is 17.9 Å². The van der Waals surface area contributed by atoms with Crippen molar-refractivity contribution in [1.82, 2.24) is 18.7 Å². The predicted molar refractivity (Wildman–Crippen MR) is 109 cm³/mol. The molecule has 1 N–H and O–H groups in total. The summed E-state index contributed by atoms with van der Waals surface area (Å²) in [7, 11) is 0. The van der Waals surface area contributed by atoms with Crippen molar-refractivity contribution in [3.63, 3.8) is 0 Å². The van der Waals surface area contributed by atoms with Gasteiger partial charge in [-0.25, -0.2) is 14.2 Å². The number of amides is 1. The van der Waals surface area contributed by atoms with Gasteiger partial charge in [-0.05, 0) is 44.2 Å². The zero-order valence-corrected chi connectivity index (χ0v) is 16.1. The van der Waals surface area contributed by atoms with Crippen LogP contribution in [0.15, 0.2) is 59.7 Å². The van der Waals surface area contributed by atoms with E-state index in [9.17, 15) is 14.0 Å². The van der Waals surface area contributed by atoms with Gasteiger partial charge in [0.25, 0.3) is 0 Å². The van der Waals surface area contributed by atoms with Gasteiger partial charge in [0.1, 0.15) is 18.2 Å². The van der Waals surface area contributed by atoms with E-state index in [1.165, 1.54) is 10.6 Å². The Morgan fingerprint density at radius 1 is 1.14 bits per heavy atom. The topological polar surface area (TPSA) is 73.8 Å². The van der Waals surface area contributed by atoms with Gasteiger partial charge in [0, 0.05) is 24.6 Å². The van der Waals surface area contributed by atoms with Gasteiger partial charge in [-0.2, -0.15) is 0 Å². The van der Waals surface area contributed by atoms with Gasteiger partial charge >= 0.3 is 5.69 Å². The highest BCUT2D eigenvalue weighted by atomic mass is 19.1. The van der Waals surface area contributed by atoms with Gasteiger partial charge in [-0.1, -0.05) is 12.1 Å². The van der Waals surface area contributed by atoms with Crippen molar-refractivity contribution >= 4 is 22.6 Å². The minimum atomic E-state index is -0.483. The summed E-state index contributed by atoms with van der Waals surface area (Å²) in [6, 6.07) is 11.8. The molecule has 2 aromatic heterocycles. The van der Waals surface area contributed by atoms with Gasteiger partial charge in [-0.3, -0.25) is 13.9 Å².